The maximum Gasteiger partial charge on any atom is 0.170 e. The molecule has 5 heteroatoms. The van der Waals surface area contributed by atoms with Crippen molar-refractivity contribution >= 4 is 11.6 Å². The van der Waals surface area contributed by atoms with E-state index in [4.69, 9.17) is 0 Å². The summed E-state index contributed by atoms with van der Waals surface area (Å²) in [5, 5.41) is 32.0. The standard InChI is InChI=1S/C19H20O5/c1-9-7-13(21)16-15-11(5-6-19(16,24)8-9)17(22)14-10(18(15)23)3-2-4-12(14)20/h2-4,7,11,15-16,18,20,23-24H,5-6,8H2,1H3/t11-,15+,16+,18-,19-/m0/s1. The third-order valence-electron chi connectivity index (χ3n) is 5.94. The van der Waals surface area contributed by atoms with Crippen LogP contribution in [-0.2, 0) is 4.79 Å². The zero-order valence-corrected chi connectivity index (χ0v) is 13.4. The van der Waals surface area contributed by atoms with Crippen LogP contribution in [0.5, 0.6) is 5.75 Å². The van der Waals surface area contributed by atoms with Crippen molar-refractivity contribution in [3.63, 3.8) is 0 Å². The van der Waals surface area contributed by atoms with E-state index in [1.807, 2.05) is 6.92 Å². The predicted octanol–water partition coefficient (Wildman–Crippen LogP) is 1.91. The summed E-state index contributed by atoms with van der Waals surface area (Å²) >= 11 is 0. The molecule has 4 rings (SSSR count). The summed E-state index contributed by atoms with van der Waals surface area (Å²) in [6, 6.07) is 4.61. The number of phenols is 1. The van der Waals surface area contributed by atoms with Gasteiger partial charge in [-0.3, -0.25) is 9.59 Å². The minimum Gasteiger partial charge on any atom is -0.507 e. The Kier molecular flexibility index (Phi) is 3.24. The van der Waals surface area contributed by atoms with E-state index in [0.29, 0.717) is 24.8 Å². The Balaban J connectivity index is 1.87. The van der Waals surface area contributed by atoms with Gasteiger partial charge in [-0.1, -0.05) is 17.7 Å². The molecule has 0 saturated heterocycles. The fourth-order valence-electron chi connectivity index (χ4n) is 5.04. The number of benzene rings is 1. The first kappa shape index (κ1) is 15.5. The molecule has 1 fully saturated rings. The van der Waals surface area contributed by atoms with Crippen molar-refractivity contribution in [1.82, 2.24) is 0 Å². The van der Waals surface area contributed by atoms with E-state index in [0.717, 1.165) is 5.57 Å². The van der Waals surface area contributed by atoms with Crippen molar-refractivity contribution in [3.05, 3.63) is 41.0 Å². The summed E-state index contributed by atoms with van der Waals surface area (Å²) in [5.41, 5.74) is 0.135. The molecule has 0 heterocycles. The molecule has 3 aliphatic carbocycles. The molecule has 0 spiro atoms. The van der Waals surface area contributed by atoms with Gasteiger partial charge in [0.25, 0.3) is 0 Å². The van der Waals surface area contributed by atoms with E-state index in [9.17, 15) is 24.9 Å². The van der Waals surface area contributed by atoms with Gasteiger partial charge in [0, 0.05) is 11.8 Å². The van der Waals surface area contributed by atoms with E-state index in [1.165, 1.54) is 12.1 Å². The molecular weight excluding hydrogens is 308 g/mol. The molecule has 3 aliphatic rings. The molecule has 1 saturated carbocycles. The Hall–Kier alpha value is -1.98. The number of fused-ring (bicyclic) bond motifs is 4. The highest BCUT2D eigenvalue weighted by Crippen LogP contribution is 2.55. The second kappa shape index (κ2) is 5.01. The van der Waals surface area contributed by atoms with Gasteiger partial charge in [-0.2, -0.15) is 0 Å². The second-order valence-electron chi connectivity index (χ2n) is 7.42. The lowest BCUT2D eigenvalue weighted by molar-refractivity contribution is -0.152. The van der Waals surface area contributed by atoms with E-state index in [-0.39, 0.29) is 22.9 Å². The molecule has 5 atom stereocenters. The molecule has 0 aliphatic heterocycles. The average molecular weight is 328 g/mol. The SMILES string of the molecule is CC1=CC(=O)[C@@H]2[C@H]3[C@H](CC[C@]2(O)C1)C(=O)c1c(O)cccc1[C@@H]3O. The molecule has 0 radical (unpaired) electrons. The summed E-state index contributed by atoms with van der Waals surface area (Å²) in [4.78, 5) is 25.5. The Morgan fingerprint density at radius 3 is 2.75 bits per heavy atom. The monoisotopic (exact) mass is 328 g/mol. The molecule has 0 amide bonds. The number of aliphatic hydroxyl groups excluding tert-OH is 1. The minimum absolute atomic E-state index is 0.137. The topological polar surface area (TPSA) is 94.8 Å². The van der Waals surface area contributed by atoms with E-state index < -0.39 is 29.5 Å². The number of ketones is 2. The first-order valence-electron chi connectivity index (χ1n) is 8.31. The predicted molar refractivity (Wildman–Crippen MR) is 85.4 cm³/mol. The van der Waals surface area contributed by atoms with Gasteiger partial charge in [0.1, 0.15) is 5.75 Å². The number of rotatable bonds is 0. The third kappa shape index (κ3) is 1.95. The van der Waals surface area contributed by atoms with Crippen LogP contribution < -0.4 is 0 Å². The minimum atomic E-state index is -1.20. The lowest BCUT2D eigenvalue weighted by Crippen LogP contribution is -2.57. The van der Waals surface area contributed by atoms with Crippen LogP contribution >= 0.6 is 0 Å². The summed E-state index contributed by atoms with van der Waals surface area (Å²) in [7, 11) is 0. The number of allylic oxidation sites excluding steroid dienone is 1. The van der Waals surface area contributed by atoms with Crippen LogP contribution in [0, 0.1) is 17.8 Å². The number of aromatic hydroxyl groups is 1. The number of hydrogen-bond donors (Lipinski definition) is 3. The fraction of sp³-hybridized carbons (Fsp3) is 0.474. The molecule has 0 aromatic heterocycles. The largest absolute Gasteiger partial charge is 0.507 e. The molecule has 24 heavy (non-hydrogen) atoms. The molecule has 3 N–H and O–H groups in total. The molecule has 0 unspecified atom stereocenters. The van der Waals surface area contributed by atoms with Crippen molar-refractivity contribution in [3.8, 4) is 5.75 Å². The van der Waals surface area contributed by atoms with Crippen molar-refractivity contribution < 1.29 is 24.9 Å². The lowest BCUT2D eigenvalue weighted by atomic mass is 9.54. The van der Waals surface area contributed by atoms with Crippen molar-refractivity contribution in [1.29, 1.82) is 0 Å². The van der Waals surface area contributed by atoms with Crippen molar-refractivity contribution in [2.24, 2.45) is 17.8 Å². The summed E-state index contributed by atoms with van der Waals surface area (Å²) in [6.45, 7) is 1.81. The first-order valence-corrected chi connectivity index (χ1v) is 8.31. The van der Waals surface area contributed by atoms with Gasteiger partial charge < -0.3 is 15.3 Å². The van der Waals surface area contributed by atoms with Gasteiger partial charge in [0.15, 0.2) is 11.6 Å². The number of phenolic OH excluding ortho intramolecular Hbond substituents is 1. The zero-order valence-electron chi connectivity index (χ0n) is 13.4. The van der Waals surface area contributed by atoms with E-state index in [2.05, 4.69) is 0 Å². The maximum absolute atomic E-state index is 12.9. The van der Waals surface area contributed by atoms with Gasteiger partial charge in [0.05, 0.1) is 23.2 Å². The van der Waals surface area contributed by atoms with Crippen molar-refractivity contribution in [2.45, 2.75) is 37.9 Å². The smallest absolute Gasteiger partial charge is 0.170 e. The highest BCUT2D eigenvalue weighted by Gasteiger charge is 2.58. The van der Waals surface area contributed by atoms with Gasteiger partial charge >= 0.3 is 0 Å². The molecule has 126 valence electrons. The Morgan fingerprint density at radius 1 is 1.25 bits per heavy atom. The Labute approximate surface area is 139 Å². The highest BCUT2D eigenvalue weighted by molar-refractivity contribution is 6.04. The zero-order chi connectivity index (χ0) is 17.2. The number of carbonyl (C=O) groups is 2. The summed E-state index contributed by atoms with van der Waals surface area (Å²) in [5.74, 6) is -2.58. The van der Waals surface area contributed by atoms with Crippen LogP contribution in [0.2, 0.25) is 0 Å². The van der Waals surface area contributed by atoms with Crippen LogP contribution in [0.1, 0.15) is 48.2 Å². The lowest BCUT2D eigenvalue weighted by Gasteiger charge is -2.52. The molecular formula is C19H20O5. The number of carbonyl (C=O) groups excluding carboxylic acids is 2. The second-order valence-corrected chi connectivity index (χ2v) is 7.42. The van der Waals surface area contributed by atoms with Crippen LogP contribution in [0.25, 0.3) is 0 Å². The first-order chi connectivity index (χ1) is 11.3. The molecule has 5 nitrogen and oxygen atoms in total. The molecule has 1 aromatic rings. The van der Waals surface area contributed by atoms with Crippen LogP contribution in [-0.4, -0.2) is 32.5 Å². The van der Waals surface area contributed by atoms with Gasteiger partial charge in [-0.05, 0) is 43.9 Å². The van der Waals surface area contributed by atoms with E-state index >= 15 is 0 Å². The number of Topliss-reactive ketones (excluding diaryl/α,β-unsaturated/α-hetero) is 1. The quantitative estimate of drug-likeness (QED) is 0.676. The van der Waals surface area contributed by atoms with Crippen LogP contribution in [0.15, 0.2) is 29.8 Å². The summed E-state index contributed by atoms with van der Waals surface area (Å²) < 4.78 is 0. The normalized spacial score (nSPS) is 38.0. The molecule has 0 bridgehead atoms. The summed E-state index contributed by atoms with van der Waals surface area (Å²) in [6.07, 6.45) is 1.61. The van der Waals surface area contributed by atoms with E-state index in [1.54, 1.807) is 12.1 Å². The average Bonchev–Trinajstić information content (AvgIpc) is 2.50. The van der Waals surface area contributed by atoms with Gasteiger partial charge in [0.2, 0.25) is 0 Å². The molecule has 1 aromatic carbocycles. The Bertz CT molecular complexity index is 780. The van der Waals surface area contributed by atoms with Crippen LogP contribution in [0.3, 0.4) is 0 Å². The van der Waals surface area contributed by atoms with Crippen LogP contribution in [0.4, 0.5) is 0 Å². The number of aliphatic hydroxyl groups is 2. The Morgan fingerprint density at radius 2 is 2.00 bits per heavy atom. The van der Waals surface area contributed by atoms with Crippen molar-refractivity contribution in [2.75, 3.05) is 0 Å². The third-order valence-corrected chi connectivity index (χ3v) is 5.94. The van der Waals surface area contributed by atoms with Gasteiger partial charge in [-0.15, -0.1) is 0 Å². The maximum atomic E-state index is 12.9. The van der Waals surface area contributed by atoms with Gasteiger partial charge in [-0.25, -0.2) is 0 Å². The fourth-order valence-corrected chi connectivity index (χ4v) is 5.04. The number of hydrogen-bond acceptors (Lipinski definition) is 5. The highest BCUT2D eigenvalue weighted by atomic mass is 16.3.